The molecule has 0 aliphatic heterocycles. The SMILES string of the molecule is CC1(C)c2ccccc2-c2ccc(N(c3ccc(-c4cccc(-c5cccc6ccccc56)c4)cc3)c3ccc(-c4cc5ccccc5c5ccccc45)cc3)cc21. The summed E-state index contributed by atoms with van der Waals surface area (Å²) < 4.78 is 0. The van der Waals surface area contributed by atoms with Crippen LogP contribution in [-0.2, 0) is 5.41 Å². The van der Waals surface area contributed by atoms with Gasteiger partial charge < -0.3 is 4.90 Å². The first-order valence-electron chi connectivity index (χ1n) is 20.3. The Balaban J connectivity index is 1.01. The van der Waals surface area contributed by atoms with Gasteiger partial charge in [0.1, 0.15) is 0 Å². The van der Waals surface area contributed by atoms with Gasteiger partial charge in [-0.2, -0.15) is 0 Å². The van der Waals surface area contributed by atoms with Crippen molar-refractivity contribution in [3.8, 4) is 44.5 Å². The smallest absolute Gasteiger partial charge is 0.0465 e. The Kier molecular flexibility index (Phi) is 7.91. The first-order valence-corrected chi connectivity index (χ1v) is 20.3. The molecule has 0 atom stereocenters. The second-order valence-corrected chi connectivity index (χ2v) is 16.1. The van der Waals surface area contributed by atoms with E-state index in [1.807, 2.05) is 0 Å². The van der Waals surface area contributed by atoms with Crippen molar-refractivity contribution in [2.75, 3.05) is 4.90 Å². The standard InChI is InChI=1S/C57H41N/c1-57(2)55-24-10-9-22-52(55)53-34-33-46(37-56(53)57)58(45-31-27-40(28-32-45)54-36-43-14-4-6-19-49(43)50-20-7-8-21-51(50)54)44-29-25-38(26-30-44)41-16-11-17-42(35-41)48-23-12-15-39-13-3-5-18-47(39)48/h3-37H,1-2H3. The quantitative estimate of drug-likeness (QED) is 0.154. The zero-order chi connectivity index (χ0) is 38.8. The molecular formula is C57H41N. The molecule has 0 amide bonds. The first kappa shape index (κ1) is 34.1. The van der Waals surface area contributed by atoms with E-state index in [-0.39, 0.29) is 5.41 Å². The number of rotatable bonds is 6. The Morgan fingerprint density at radius 2 is 0.845 bits per heavy atom. The number of hydrogen-bond donors (Lipinski definition) is 0. The summed E-state index contributed by atoms with van der Waals surface area (Å²) in [7, 11) is 0. The van der Waals surface area contributed by atoms with Gasteiger partial charge in [0.15, 0.2) is 0 Å². The average molecular weight is 740 g/mol. The summed E-state index contributed by atoms with van der Waals surface area (Å²) in [6.07, 6.45) is 0. The molecule has 58 heavy (non-hydrogen) atoms. The van der Waals surface area contributed by atoms with E-state index >= 15 is 0 Å². The lowest BCUT2D eigenvalue weighted by molar-refractivity contribution is 0.660. The highest BCUT2D eigenvalue weighted by Gasteiger charge is 2.35. The molecule has 0 heterocycles. The van der Waals surface area contributed by atoms with Crippen molar-refractivity contribution < 1.29 is 0 Å². The highest BCUT2D eigenvalue weighted by molar-refractivity contribution is 6.13. The topological polar surface area (TPSA) is 3.24 Å². The van der Waals surface area contributed by atoms with Crippen LogP contribution in [0.25, 0.3) is 76.8 Å². The molecule has 0 unspecified atom stereocenters. The Morgan fingerprint density at radius 1 is 0.293 bits per heavy atom. The van der Waals surface area contributed by atoms with Gasteiger partial charge in [0, 0.05) is 22.5 Å². The molecule has 0 N–H and O–H groups in total. The van der Waals surface area contributed by atoms with E-state index in [1.54, 1.807) is 0 Å². The summed E-state index contributed by atoms with van der Waals surface area (Å²) in [6.45, 7) is 4.71. The molecule has 1 nitrogen and oxygen atoms in total. The van der Waals surface area contributed by atoms with Crippen molar-refractivity contribution in [3.05, 3.63) is 223 Å². The van der Waals surface area contributed by atoms with E-state index in [0.29, 0.717) is 0 Å². The third kappa shape index (κ3) is 5.54. The van der Waals surface area contributed by atoms with Crippen LogP contribution in [0.5, 0.6) is 0 Å². The molecule has 1 aliphatic rings. The first-order chi connectivity index (χ1) is 28.5. The highest BCUT2D eigenvalue weighted by Crippen LogP contribution is 2.51. The van der Waals surface area contributed by atoms with Gasteiger partial charge in [-0.05, 0) is 136 Å². The molecule has 0 radical (unpaired) electrons. The molecule has 11 rings (SSSR count). The van der Waals surface area contributed by atoms with Crippen molar-refractivity contribution in [1.82, 2.24) is 0 Å². The third-order valence-electron chi connectivity index (χ3n) is 12.5. The Hall–Kier alpha value is -7.22. The minimum Gasteiger partial charge on any atom is -0.310 e. The Bertz CT molecular complexity index is 3180. The second-order valence-electron chi connectivity index (χ2n) is 16.1. The van der Waals surface area contributed by atoms with Gasteiger partial charge in [0.25, 0.3) is 0 Å². The molecule has 0 saturated carbocycles. The molecule has 10 aromatic rings. The molecule has 10 aromatic carbocycles. The molecular weight excluding hydrogens is 699 g/mol. The lowest BCUT2D eigenvalue weighted by Crippen LogP contribution is -2.16. The predicted octanol–water partition coefficient (Wildman–Crippen LogP) is 15.9. The van der Waals surface area contributed by atoms with E-state index in [4.69, 9.17) is 0 Å². The maximum Gasteiger partial charge on any atom is 0.0465 e. The largest absolute Gasteiger partial charge is 0.310 e. The molecule has 1 aliphatic carbocycles. The van der Waals surface area contributed by atoms with Crippen LogP contribution in [0, 0.1) is 0 Å². The van der Waals surface area contributed by atoms with Gasteiger partial charge in [-0.15, -0.1) is 0 Å². The van der Waals surface area contributed by atoms with Gasteiger partial charge in [-0.1, -0.05) is 178 Å². The van der Waals surface area contributed by atoms with Crippen molar-refractivity contribution in [2.45, 2.75) is 19.3 Å². The Labute approximate surface area is 340 Å². The monoisotopic (exact) mass is 739 g/mol. The van der Waals surface area contributed by atoms with Gasteiger partial charge in [-0.3, -0.25) is 0 Å². The fourth-order valence-electron chi connectivity index (χ4n) is 9.51. The lowest BCUT2D eigenvalue weighted by atomic mass is 9.82. The molecule has 0 saturated heterocycles. The van der Waals surface area contributed by atoms with E-state index in [9.17, 15) is 0 Å². The fraction of sp³-hybridized carbons (Fsp3) is 0.0526. The molecule has 1 heteroatoms. The average Bonchev–Trinajstić information content (AvgIpc) is 3.51. The minimum atomic E-state index is -0.104. The van der Waals surface area contributed by atoms with Crippen LogP contribution in [0.2, 0.25) is 0 Å². The summed E-state index contributed by atoms with van der Waals surface area (Å²) in [5, 5.41) is 7.62. The summed E-state index contributed by atoms with van der Waals surface area (Å²) in [4.78, 5) is 2.41. The van der Waals surface area contributed by atoms with Crippen LogP contribution in [0.4, 0.5) is 17.1 Å². The van der Waals surface area contributed by atoms with E-state index in [1.165, 1.54) is 88.0 Å². The van der Waals surface area contributed by atoms with Crippen LogP contribution in [0.3, 0.4) is 0 Å². The van der Waals surface area contributed by atoms with Crippen molar-refractivity contribution in [2.24, 2.45) is 0 Å². The third-order valence-corrected chi connectivity index (χ3v) is 12.5. The van der Waals surface area contributed by atoms with Crippen molar-refractivity contribution in [3.63, 3.8) is 0 Å². The summed E-state index contributed by atoms with van der Waals surface area (Å²) in [6, 6.07) is 78.2. The maximum absolute atomic E-state index is 2.42. The zero-order valence-corrected chi connectivity index (χ0v) is 32.7. The zero-order valence-electron chi connectivity index (χ0n) is 32.7. The number of fused-ring (bicyclic) bond motifs is 7. The van der Waals surface area contributed by atoms with Gasteiger partial charge in [0.05, 0.1) is 0 Å². The van der Waals surface area contributed by atoms with Crippen LogP contribution >= 0.6 is 0 Å². The summed E-state index contributed by atoms with van der Waals surface area (Å²) in [5.41, 5.74) is 16.0. The van der Waals surface area contributed by atoms with Crippen LogP contribution < -0.4 is 4.90 Å². The van der Waals surface area contributed by atoms with Gasteiger partial charge >= 0.3 is 0 Å². The van der Waals surface area contributed by atoms with E-state index in [2.05, 4.69) is 231 Å². The fourth-order valence-corrected chi connectivity index (χ4v) is 9.51. The van der Waals surface area contributed by atoms with E-state index in [0.717, 1.165) is 17.1 Å². The Morgan fingerprint density at radius 3 is 1.64 bits per heavy atom. The lowest BCUT2D eigenvalue weighted by Gasteiger charge is -2.28. The van der Waals surface area contributed by atoms with Crippen molar-refractivity contribution in [1.29, 1.82) is 0 Å². The normalized spacial score (nSPS) is 12.8. The van der Waals surface area contributed by atoms with Crippen LogP contribution in [0.1, 0.15) is 25.0 Å². The van der Waals surface area contributed by atoms with Crippen molar-refractivity contribution >= 4 is 49.4 Å². The molecule has 0 bridgehead atoms. The second kappa shape index (κ2) is 13.5. The number of nitrogens with zero attached hydrogens (tertiary/aromatic N) is 1. The number of hydrogen-bond acceptors (Lipinski definition) is 1. The van der Waals surface area contributed by atoms with Gasteiger partial charge in [-0.25, -0.2) is 0 Å². The molecule has 0 spiro atoms. The molecule has 0 fully saturated rings. The number of benzene rings is 10. The minimum absolute atomic E-state index is 0.104. The van der Waals surface area contributed by atoms with Crippen LogP contribution in [-0.4, -0.2) is 0 Å². The maximum atomic E-state index is 2.42. The summed E-state index contributed by atoms with van der Waals surface area (Å²) in [5.74, 6) is 0. The highest BCUT2D eigenvalue weighted by atomic mass is 15.1. The van der Waals surface area contributed by atoms with E-state index < -0.39 is 0 Å². The molecule has 0 aromatic heterocycles. The van der Waals surface area contributed by atoms with Gasteiger partial charge in [0.2, 0.25) is 0 Å². The summed E-state index contributed by atoms with van der Waals surface area (Å²) >= 11 is 0. The number of anilines is 3. The van der Waals surface area contributed by atoms with Crippen LogP contribution in [0.15, 0.2) is 212 Å². The molecule has 274 valence electrons. The predicted molar refractivity (Wildman–Crippen MR) is 248 cm³/mol.